The van der Waals surface area contributed by atoms with Crippen LogP contribution in [0.4, 0.5) is 0 Å². The number of nitrogens with one attached hydrogen (secondary N) is 1. The predicted molar refractivity (Wildman–Crippen MR) is 88.8 cm³/mol. The van der Waals surface area contributed by atoms with Gasteiger partial charge in [-0.05, 0) is 30.3 Å². The molecule has 5 nitrogen and oxygen atoms in total. The number of benzene rings is 2. The molecule has 2 rings (SSSR count). The average molecular weight is 336 g/mol. The van der Waals surface area contributed by atoms with Gasteiger partial charge in [-0.3, -0.25) is 4.79 Å². The molecule has 2 aromatic rings. The molecule has 0 aliphatic rings. The lowest BCUT2D eigenvalue weighted by Crippen LogP contribution is -2.28. The molecule has 122 valence electrons. The molecule has 1 N–H and O–H groups in total. The van der Waals surface area contributed by atoms with Crippen LogP contribution in [0.15, 0.2) is 42.5 Å². The summed E-state index contributed by atoms with van der Waals surface area (Å²) in [4.78, 5) is 12.2. The number of carbonyl (C=O) groups is 1. The molecule has 0 aliphatic carbocycles. The maximum atomic E-state index is 12.2. The lowest BCUT2D eigenvalue weighted by atomic mass is 10.2. The molecule has 0 aromatic heterocycles. The van der Waals surface area contributed by atoms with Crippen LogP contribution < -0.4 is 19.5 Å². The Balaban J connectivity index is 1.89. The second kappa shape index (κ2) is 8.29. The van der Waals surface area contributed by atoms with E-state index in [0.29, 0.717) is 41.0 Å². The highest BCUT2D eigenvalue weighted by molar-refractivity contribution is 6.31. The van der Waals surface area contributed by atoms with Crippen molar-refractivity contribution in [2.24, 2.45) is 0 Å². The van der Waals surface area contributed by atoms with E-state index in [-0.39, 0.29) is 5.91 Å². The minimum Gasteiger partial charge on any atom is -0.496 e. The number of halogens is 1. The van der Waals surface area contributed by atoms with Gasteiger partial charge in [0.1, 0.15) is 12.4 Å². The van der Waals surface area contributed by atoms with Crippen molar-refractivity contribution in [2.75, 3.05) is 27.4 Å². The number of ether oxygens (including phenoxy) is 3. The van der Waals surface area contributed by atoms with Gasteiger partial charge >= 0.3 is 0 Å². The SMILES string of the molecule is COc1ccccc1OCCNC(=O)c1cc(Cl)ccc1OC. The summed E-state index contributed by atoms with van der Waals surface area (Å²) in [6, 6.07) is 12.2. The summed E-state index contributed by atoms with van der Waals surface area (Å²) in [5.41, 5.74) is 0.386. The Hall–Kier alpha value is -2.40. The Morgan fingerprint density at radius 2 is 1.74 bits per heavy atom. The van der Waals surface area contributed by atoms with Crippen LogP contribution in [0.1, 0.15) is 10.4 Å². The number of hydrogen-bond donors (Lipinski definition) is 1. The summed E-state index contributed by atoms with van der Waals surface area (Å²) in [6.45, 7) is 0.654. The molecule has 0 bridgehead atoms. The van der Waals surface area contributed by atoms with Gasteiger partial charge in [0.15, 0.2) is 11.5 Å². The normalized spacial score (nSPS) is 10.0. The van der Waals surface area contributed by atoms with E-state index >= 15 is 0 Å². The van der Waals surface area contributed by atoms with Crippen LogP contribution in [0, 0.1) is 0 Å². The van der Waals surface area contributed by atoms with Crippen molar-refractivity contribution in [2.45, 2.75) is 0 Å². The van der Waals surface area contributed by atoms with Gasteiger partial charge in [-0.15, -0.1) is 0 Å². The van der Waals surface area contributed by atoms with Gasteiger partial charge < -0.3 is 19.5 Å². The van der Waals surface area contributed by atoms with Crippen molar-refractivity contribution in [3.05, 3.63) is 53.1 Å². The van der Waals surface area contributed by atoms with Gasteiger partial charge in [0.2, 0.25) is 0 Å². The van der Waals surface area contributed by atoms with Gasteiger partial charge in [0.05, 0.1) is 26.3 Å². The van der Waals surface area contributed by atoms with Gasteiger partial charge in [0, 0.05) is 5.02 Å². The van der Waals surface area contributed by atoms with Crippen molar-refractivity contribution >= 4 is 17.5 Å². The summed E-state index contributed by atoms with van der Waals surface area (Å²) < 4.78 is 16.0. The number of rotatable bonds is 7. The molecular formula is C17H18ClNO4. The van der Waals surface area contributed by atoms with E-state index in [9.17, 15) is 4.79 Å². The van der Waals surface area contributed by atoms with Gasteiger partial charge in [-0.25, -0.2) is 0 Å². The summed E-state index contributed by atoms with van der Waals surface area (Å²) in [6.07, 6.45) is 0. The van der Waals surface area contributed by atoms with Crippen LogP contribution in [0.2, 0.25) is 5.02 Å². The van der Waals surface area contributed by atoms with E-state index in [2.05, 4.69) is 5.32 Å². The molecule has 0 saturated heterocycles. The third-order valence-corrected chi connectivity index (χ3v) is 3.36. The van der Waals surface area contributed by atoms with Crippen LogP contribution in [0.3, 0.4) is 0 Å². The molecular weight excluding hydrogens is 318 g/mol. The topological polar surface area (TPSA) is 56.8 Å². The van der Waals surface area contributed by atoms with Crippen LogP contribution in [-0.4, -0.2) is 33.3 Å². The monoisotopic (exact) mass is 335 g/mol. The molecule has 2 aromatic carbocycles. The number of methoxy groups -OCH3 is 2. The Kier molecular flexibility index (Phi) is 6.11. The second-order valence-corrected chi connectivity index (χ2v) is 5.04. The van der Waals surface area contributed by atoms with Crippen LogP contribution in [-0.2, 0) is 0 Å². The zero-order valence-electron chi connectivity index (χ0n) is 13.0. The Morgan fingerprint density at radius 1 is 1.04 bits per heavy atom. The molecule has 6 heteroatoms. The molecule has 0 fully saturated rings. The average Bonchev–Trinajstić information content (AvgIpc) is 2.58. The predicted octanol–water partition coefficient (Wildman–Crippen LogP) is 3.17. The molecule has 0 radical (unpaired) electrons. The number of hydrogen-bond acceptors (Lipinski definition) is 4. The van der Waals surface area contributed by atoms with E-state index in [1.54, 1.807) is 31.4 Å². The minimum atomic E-state index is -0.270. The molecule has 0 atom stereocenters. The van der Waals surface area contributed by atoms with Crippen LogP contribution in [0.5, 0.6) is 17.2 Å². The lowest BCUT2D eigenvalue weighted by molar-refractivity contribution is 0.0944. The smallest absolute Gasteiger partial charge is 0.255 e. The number of amides is 1. The molecule has 23 heavy (non-hydrogen) atoms. The molecule has 0 aliphatic heterocycles. The van der Waals surface area contributed by atoms with E-state index in [0.717, 1.165) is 0 Å². The summed E-state index contributed by atoms with van der Waals surface area (Å²) in [7, 11) is 3.08. The highest BCUT2D eigenvalue weighted by atomic mass is 35.5. The zero-order chi connectivity index (χ0) is 16.7. The third kappa shape index (κ3) is 4.53. The Labute approximate surface area is 140 Å². The maximum Gasteiger partial charge on any atom is 0.255 e. The van der Waals surface area contributed by atoms with E-state index in [4.69, 9.17) is 25.8 Å². The Bertz CT molecular complexity index is 675. The van der Waals surface area contributed by atoms with Crippen molar-refractivity contribution in [3.63, 3.8) is 0 Å². The second-order valence-electron chi connectivity index (χ2n) is 4.60. The first-order chi connectivity index (χ1) is 11.2. The number of para-hydroxylation sites is 2. The fourth-order valence-electron chi connectivity index (χ4n) is 2.02. The number of carbonyl (C=O) groups excluding carboxylic acids is 1. The largest absolute Gasteiger partial charge is 0.496 e. The first-order valence-electron chi connectivity index (χ1n) is 7.03. The Morgan fingerprint density at radius 3 is 2.43 bits per heavy atom. The molecule has 0 heterocycles. The van der Waals surface area contributed by atoms with E-state index < -0.39 is 0 Å². The highest BCUT2D eigenvalue weighted by Crippen LogP contribution is 2.25. The van der Waals surface area contributed by atoms with Gasteiger partial charge in [-0.1, -0.05) is 23.7 Å². The summed E-state index contributed by atoms with van der Waals surface area (Å²) in [5, 5.41) is 3.24. The lowest BCUT2D eigenvalue weighted by Gasteiger charge is -2.12. The van der Waals surface area contributed by atoms with Gasteiger partial charge in [-0.2, -0.15) is 0 Å². The first kappa shape index (κ1) is 17.0. The molecule has 0 saturated carbocycles. The first-order valence-corrected chi connectivity index (χ1v) is 7.41. The van der Waals surface area contributed by atoms with Crippen molar-refractivity contribution in [1.82, 2.24) is 5.32 Å². The van der Waals surface area contributed by atoms with Crippen LogP contribution in [0.25, 0.3) is 0 Å². The minimum absolute atomic E-state index is 0.270. The molecule has 0 spiro atoms. The highest BCUT2D eigenvalue weighted by Gasteiger charge is 2.12. The maximum absolute atomic E-state index is 12.2. The molecule has 1 amide bonds. The fourth-order valence-corrected chi connectivity index (χ4v) is 2.19. The van der Waals surface area contributed by atoms with Crippen molar-refractivity contribution in [1.29, 1.82) is 0 Å². The van der Waals surface area contributed by atoms with E-state index in [1.807, 2.05) is 18.2 Å². The molecule has 0 unspecified atom stereocenters. The third-order valence-electron chi connectivity index (χ3n) is 3.12. The van der Waals surface area contributed by atoms with Crippen molar-refractivity contribution < 1.29 is 19.0 Å². The summed E-state index contributed by atoms with van der Waals surface area (Å²) in [5.74, 6) is 1.48. The van der Waals surface area contributed by atoms with E-state index in [1.165, 1.54) is 7.11 Å². The quantitative estimate of drug-likeness (QED) is 0.790. The van der Waals surface area contributed by atoms with Gasteiger partial charge in [0.25, 0.3) is 5.91 Å². The van der Waals surface area contributed by atoms with Crippen LogP contribution >= 0.6 is 11.6 Å². The standard InChI is InChI=1S/C17H18ClNO4/c1-21-14-8-7-12(18)11-13(14)17(20)19-9-10-23-16-6-4-3-5-15(16)22-2/h3-8,11H,9-10H2,1-2H3,(H,19,20). The summed E-state index contributed by atoms with van der Waals surface area (Å²) >= 11 is 5.92. The zero-order valence-corrected chi connectivity index (χ0v) is 13.7. The fraction of sp³-hybridized carbons (Fsp3) is 0.235. The van der Waals surface area contributed by atoms with Crippen molar-refractivity contribution in [3.8, 4) is 17.2 Å².